The van der Waals surface area contributed by atoms with Gasteiger partial charge >= 0.3 is 0 Å². The number of hydrogen-bond donors (Lipinski definition) is 0. The maximum absolute atomic E-state index is 5.74. The van der Waals surface area contributed by atoms with Crippen molar-refractivity contribution >= 4 is 11.6 Å². The van der Waals surface area contributed by atoms with E-state index in [1.54, 1.807) is 0 Å². The average molecular weight is 170 g/mol. The summed E-state index contributed by atoms with van der Waals surface area (Å²) >= 11 is 5.74. The molecule has 1 aromatic heterocycles. The van der Waals surface area contributed by atoms with Gasteiger partial charge in [0.1, 0.15) is 0 Å². The fraction of sp³-hybridized carbons (Fsp3) is 0.444. The number of pyridine rings is 1. The summed E-state index contributed by atoms with van der Waals surface area (Å²) in [6.07, 6.45) is 3.65. The molecule has 0 N–H and O–H groups in total. The predicted molar refractivity (Wildman–Crippen MR) is 47.9 cm³/mol. The number of hydrogen-bond acceptors (Lipinski definition) is 1. The monoisotopic (exact) mass is 169 g/mol. The van der Waals surface area contributed by atoms with E-state index in [1.807, 2.05) is 18.5 Å². The van der Waals surface area contributed by atoms with Crippen molar-refractivity contribution in [1.29, 1.82) is 0 Å². The summed E-state index contributed by atoms with van der Waals surface area (Å²) in [6.45, 7) is 4.32. The highest BCUT2D eigenvalue weighted by atomic mass is 35.5. The second kappa shape index (κ2) is 3.72. The number of rotatable bonds is 2. The van der Waals surface area contributed by atoms with Gasteiger partial charge in [-0.3, -0.25) is 4.98 Å². The van der Waals surface area contributed by atoms with Gasteiger partial charge in [-0.05, 0) is 23.1 Å². The van der Waals surface area contributed by atoms with E-state index < -0.39 is 0 Å². The summed E-state index contributed by atoms with van der Waals surface area (Å²) in [5.74, 6) is 1.09. The summed E-state index contributed by atoms with van der Waals surface area (Å²) in [4.78, 5) is 4.01. The van der Waals surface area contributed by atoms with Crippen LogP contribution in [0.15, 0.2) is 18.5 Å². The van der Waals surface area contributed by atoms with Crippen LogP contribution in [0.1, 0.15) is 30.9 Å². The third-order valence-electron chi connectivity index (χ3n) is 1.71. The van der Waals surface area contributed by atoms with Gasteiger partial charge < -0.3 is 0 Å². The lowest BCUT2D eigenvalue weighted by Crippen LogP contribution is -1.94. The molecule has 11 heavy (non-hydrogen) atoms. The lowest BCUT2D eigenvalue weighted by atomic mass is 10.0. The molecule has 1 aromatic rings. The smallest absolute Gasteiger partial charge is 0.0492 e. The molecule has 0 aliphatic heterocycles. The molecule has 0 radical (unpaired) electrons. The largest absolute Gasteiger partial charge is 0.264 e. The van der Waals surface area contributed by atoms with E-state index in [4.69, 9.17) is 11.6 Å². The van der Waals surface area contributed by atoms with Crippen LogP contribution in [-0.2, 0) is 5.88 Å². The Kier molecular flexibility index (Phi) is 2.89. The maximum atomic E-state index is 5.74. The van der Waals surface area contributed by atoms with E-state index in [0.29, 0.717) is 11.8 Å². The van der Waals surface area contributed by atoms with Gasteiger partial charge in [-0.1, -0.05) is 13.8 Å². The minimum Gasteiger partial charge on any atom is -0.264 e. The third kappa shape index (κ3) is 1.93. The molecule has 0 spiro atoms. The molecule has 0 saturated carbocycles. The standard InChI is InChI=1S/C9H12ClN/c1-7(2)9-3-4-11-6-8(9)5-10/h3-4,6-7H,5H2,1-2H3. The molecule has 60 valence electrons. The second-order valence-electron chi connectivity index (χ2n) is 2.86. The van der Waals surface area contributed by atoms with Gasteiger partial charge in [0.25, 0.3) is 0 Å². The molecule has 0 aliphatic carbocycles. The van der Waals surface area contributed by atoms with Crippen LogP contribution in [0.25, 0.3) is 0 Å². The summed E-state index contributed by atoms with van der Waals surface area (Å²) in [6, 6.07) is 2.03. The Morgan fingerprint density at radius 1 is 1.55 bits per heavy atom. The van der Waals surface area contributed by atoms with Crippen LogP contribution in [0, 0.1) is 0 Å². The van der Waals surface area contributed by atoms with Gasteiger partial charge in [-0.15, -0.1) is 11.6 Å². The highest BCUT2D eigenvalue weighted by Crippen LogP contribution is 2.19. The molecule has 1 rings (SSSR count). The van der Waals surface area contributed by atoms with Crippen molar-refractivity contribution in [2.45, 2.75) is 25.6 Å². The van der Waals surface area contributed by atoms with E-state index >= 15 is 0 Å². The number of halogens is 1. The lowest BCUT2D eigenvalue weighted by molar-refractivity contribution is 0.849. The zero-order valence-electron chi connectivity index (χ0n) is 6.84. The number of alkyl halides is 1. The average Bonchev–Trinajstić information content (AvgIpc) is 2.04. The zero-order valence-corrected chi connectivity index (χ0v) is 7.60. The van der Waals surface area contributed by atoms with Crippen molar-refractivity contribution in [2.75, 3.05) is 0 Å². The van der Waals surface area contributed by atoms with Crippen molar-refractivity contribution in [1.82, 2.24) is 4.98 Å². The topological polar surface area (TPSA) is 12.9 Å². The van der Waals surface area contributed by atoms with Crippen molar-refractivity contribution in [3.63, 3.8) is 0 Å². The first-order valence-corrected chi connectivity index (χ1v) is 4.28. The molecule has 0 amide bonds. The number of nitrogens with zero attached hydrogens (tertiary/aromatic N) is 1. The van der Waals surface area contributed by atoms with Crippen LogP contribution < -0.4 is 0 Å². The van der Waals surface area contributed by atoms with Crippen molar-refractivity contribution in [2.24, 2.45) is 0 Å². The molecule has 1 heterocycles. The van der Waals surface area contributed by atoms with E-state index in [-0.39, 0.29) is 0 Å². The van der Waals surface area contributed by atoms with Crippen LogP contribution in [0.5, 0.6) is 0 Å². The molecule has 0 unspecified atom stereocenters. The Hall–Kier alpha value is -0.560. The summed E-state index contributed by atoms with van der Waals surface area (Å²) in [5.41, 5.74) is 2.44. The summed E-state index contributed by atoms with van der Waals surface area (Å²) < 4.78 is 0. The first-order valence-electron chi connectivity index (χ1n) is 3.74. The fourth-order valence-electron chi connectivity index (χ4n) is 1.11. The van der Waals surface area contributed by atoms with Gasteiger partial charge in [0.15, 0.2) is 0 Å². The highest BCUT2D eigenvalue weighted by molar-refractivity contribution is 6.17. The minimum atomic E-state index is 0.534. The Labute approximate surface area is 72.4 Å². The molecule has 0 aliphatic rings. The van der Waals surface area contributed by atoms with Gasteiger partial charge in [0.05, 0.1) is 0 Å². The summed E-state index contributed by atoms with van der Waals surface area (Å²) in [5, 5.41) is 0. The minimum absolute atomic E-state index is 0.534. The van der Waals surface area contributed by atoms with Gasteiger partial charge in [0.2, 0.25) is 0 Å². The van der Waals surface area contributed by atoms with Crippen molar-refractivity contribution < 1.29 is 0 Å². The normalized spacial score (nSPS) is 10.5. The predicted octanol–water partition coefficient (Wildman–Crippen LogP) is 2.94. The molecule has 2 heteroatoms. The first-order chi connectivity index (χ1) is 5.25. The second-order valence-corrected chi connectivity index (χ2v) is 3.13. The summed E-state index contributed by atoms with van der Waals surface area (Å²) in [7, 11) is 0. The van der Waals surface area contributed by atoms with E-state index in [1.165, 1.54) is 5.56 Å². The first kappa shape index (κ1) is 8.54. The lowest BCUT2D eigenvalue weighted by Gasteiger charge is -2.08. The van der Waals surface area contributed by atoms with Crippen LogP contribution >= 0.6 is 11.6 Å². The third-order valence-corrected chi connectivity index (χ3v) is 2.00. The quantitative estimate of drug-likeness (QED) is 0.621. The van der Waals surface area contributed by atoms with E-state index in [0.717, 1.165) is 5.56 Å². The molecule has 0 bridgehead atoms. The van der Waals surface area contributed by atoms with Crippen LogP contribution in [-0.4, -0.2) is 4.98 Å². The van der Waals surface area contributed by atoms with Crippen LogP contribution in [0.2, 0.25) is 0 Å². The Balaban J connectivity index is 3.02. The maximum Gasteiger partial charge on any atom is 0.0492 e. The fourth-order valence-corrected chi connectivity index (χ4v) is 1.34. The van der Waals surface area contributed by atoms with E-state index in [2.05, 4.69) is 18.8 Å². The Morgan fingerprint density at radius 3 is 2.73 bits per heavy atom. The van der Waals surface area contributed by atoms with Crippen molar-refractivity contribution in [3.05, 3.63) is 29.6 Å². The molecule has 0 saturated heterocycles. The molecule has 1 nitrogen and oxygen atoms in total. The molecular weight excluding hydrogens is 158 g/mol. The molecular formula is C9H12ClN. The zero-order chi connectivity index (χ0) is 8.27. The van der Waals surface area contributed by atoms with E-state index in [9.17, 15) is 0 Å². The van der Waals surface area contributed by atoms with Gasteiger partial charge in [-0.2, -0.15) is 0 Å². The SMILES string of the molecule is CC(C)c1ccncc1CCl. The molecule has 0 atom stereocenters. The number of aromatic nitrogens is 1. The van der Waals surface area contributed by atoms with Gasteiger partial charge in [0, 0.05) is 18.3 Å². The molecule has 0 aromatic carbocycles. The highest BCUT2D eigenvalue weighted by Gasteiger charge is 2.03. The van der Waals surface area contributed by atoms with Crippen LogP contribution in [0.3, 0.4) is 0 Å². The van der Waals surface area contributed by atoms with Crippen molar-refractivity contribution in [3.8, 4) is 0 Å². The Morgan fingerprint density at radius 2 is 2.27 bits per heavy atom. The Bertz CT molecular complexity index is 233. The van der Waals surface area contributed by atoms with Gasteiger partial charge in [-0.25, -0.2) is 0 Å². The van der Waals surface area contributed by atoms with Crippen LogP contribution in [0.4, 0.5) is 0 Å². The molecule has 0 fully saturated rings.